The number of nitrogens with zero attached hydrogens (tertiary/aromatic N) is 3. The van der Waals surface area contributed by atoms with Crippen molar-refractivity contribution < 1.29 is 14.0 Å². The topological polar surface area (TPSA) is 74.1 Å². The van der Waals surface area contributed by atoms with E-state index in [9.17, 15) is 14.0 Å². The number of rotatable bonds is 5. The first-order valence-corrected chi connectivity index (χ1v) is 13.1. The third-order valence-electron chi connectivity index (χ3n) is 6.06. The molecule has 37 heavy (non-hydrogen) atoms. The van der Waals surface area contributed by atoms with Crippen LogP contribution in [0.4, 0.5) is 10.1 Å². The van der Waals surface area contributed by atoms with Gasteiger partial charge in [-0.15, -0.1) is 0 Å². The van der Waals surface area contributed by atoms with Crippen LogP contribution in [0.25, 0.3) is 0 Å². The highest BCUT2D eigenvalue weighted by atomic mass is 35.5. The van der Waals surface area contributed by atoms with Crippen molar-refractivity contribution in [1.82, 2.24) is 5.01 Å². The van der Waals surface area contributed by atoms with Gasteiger partial charge >= 0.3 is 0 Å². The molecule has 2 heterocycles. The second-order valence-corrected chi connectivity index (χ2v) is 10.7. The number of aryl methyl sites for hydroxylation is 1. The maximum atomic E-state index is 13.4. The molecule has 3 aromatic carbocycles. The Bertz CT molecular complexity index is 1440. The molecular formula is C27H21Cl2FN4O2S. The van der Waals surface area contributed by atoms with Crippen LogP contribution in [0.5, 0.6) is 0 Å². The van der Waals surface area contributed by atoms with E-state index in [1.54, 1.807) is 5.01 Å². The number of halogens is 3. The lowest BCUT2D eigenvalue weighted by atomic mass is 9.98. The van der Waals surface area contributed by atoms with Crippen LogP contribution in [0, 0.1) is 12.7 Å². The molecule has 1 N–H and O–H groups in total. The van der Waals surface area contributed by atoms with Crippen LogP contribution >= 0.6 is 35.0 Å². The van der Waals surface area contributed by atoms with Crippen molar-refractivity contribution in [2.75, 3.05) is 5.32 Å². The quantitative estimate of drug-likeness (QED) is 0.384. The summed E-state index contributed by atoms with van der Waals surface area (Å²) in [7, 11) is 0. The van der Waals surface area contributed by atoms with Crippen molar-refractivity contribution in [2.24, 2.45) is 10.1 Å². The molecule has 5 rings (SSSR count). The predicted molar refractivity (Wildman–Crippen MR) is 147 cm³/mol. The van der Waals surface area contributed by atoms with Crippen LogP contribution in [0.15, 0.2) is 76.8 Å². The maximum absolute atomic E-state index is 13.4. The summed E-state index contributed by atoms with van der Waals surface area (Å²) in [5.74, 6) is -1.40. The number of amides is 2. The molecule has 2 aliphatic rings. The van der Waals surface area contributed by atoms with Gasteiger partial charge in [0.05, 0.1) is 16.8 Å². The number of hydrogen-bond acceptors (Lipinski definition) is 5. The first kappa shape index (κ1) is 25.4. The Morgan fingerprint density at radius 3 is 2.59 bits per heavy atom. The van der Waals surface area contributed by atoms with Gasteiger partial charge in [0.25, 0.3) is 5.91 Å². The molecule has 188 valence electrons. The Hall–Kier alpha value is -3.20. The van der Waals surface area contributed by atoms with E-state index in [2.05, 4.69) is 10.3 Å². The first-order valence-electron chi connectivity index (χ1n) is 11.5. The molecule has 0 bridgehead atoms. The van der Waals surface area contributed by atoms with Crippen LogP contribution in [-0.4, -0.2) is 33.0 Å². The van der Waals surface area contributed by atoms with Crippen molar-refractivity contribution in [3.05, 3.63) is 99.3 Å². The maximum Gasteiger partial charge on any atom is 0.262 e. The van der Waals surface area contributed by atoms with Gasteiger partial charge in [0.2, 0.25) is 5.91 Å². The number of hydrogen-bond donors (Lipinski definition) is 1. The normalized spacial score (nSPS) is 19.1. The molecule has 2 atom stereocenters. The van der Waals surface area contributed by atoms with E-state index in [4.69, 9.17) is 28.3 Å². The number of aliphatic imine (C=N–C) groups is 1. The second-order valence-electron chi connectivity index (χ2n) is 8.72. The minimum Gasteiger partial charge on any atom is -0.326 e. The van der Waals surface area contributed by atoms with E-state index in [0.717, 1.165) is 22.4 Å². The number of benzene rings is 3. The highest BCUT2D eigenvalue weighted by Crippen LogP contribution is 2.40. The van der Waals surface area contributed by atoms with E-state index in [-0.39, 0.29) is 17.5 Å². The minimum absolute atomic E-state index is 0.100. The fraction of sp³-hybridized carbons (Fsp3) is 0.185. The van der Waals surface area contributed by atoms with Crippen molar-refractivity contribution in [3.8, 4) is 0 Å². The number of hydrazone groups is 1. The average Bonchev–Trinajstić information content (AvgIpc) is 3.46. The number of nitrogens with one attached hydrogen (secondary N) is 1. The Kier molecular flexibility index (Phi) is 7.33. The van der Waals surface area contributed by atoms with Gasteiger partial charge in [-0.1, -0.05) is 83.0 Å². The van der Waals surface area contributed by atoms with Crippen molar-refractivity contribution >= 4 is 63.3 Å². The van der Waals surface area contributed by atoms with Crippen LogP contribution in [0.3, 0.4) is 0 Å². The Balaban J connectivity index is 1.35. The molecule has 0 saturated heterocycles. The summed E-state index contributed by atoms with van der Waals surface area (Å²) in [5.41, 5.74) is 4.20. The molecule has 0 unspecified atom stereocenters. The van der Waals surface area contributed by atoms with E-state index in [1.807, 2.05) is 55.5 Å². The van der Waals surface area contributed by atoms with Crippen LogP contribution in [0.2, 0.25) is 10.0 Å². The second kappa shape index (κ2) is 10.7. The highest BCUT2D eigenvalue weighted by molar-refractivity contribution is 8.15. The number of carbonyl (C=O) groups excluding carboxylic acids is 2. The fourth-order valence-electron chi connectivity index (χ4n) is 4.15. The molecule has 10 heteroatoms. The van der Waals surface area contributed by atoms with E-state index >= 15 is 0 Å². The van der Waals surface area contributed by atoms with Crippen molar-refractivity contribution in [2.45, 2.75) is 31.1 Å². The molecule has 0 fully saturated rings. The smallest absolute Gasteiger partial charge is 0.262 e. The molecule has 0 spiro atoms. The molecular weight excluding hydrogens is 534 g/mol. The van der Waals surface area contributed by atoms with Crippen LogP contribution < -0.4 is 5.32 Å². The van der Waals surface area contributed by atoms with E-state index in [0.29, 0.717) is 22.3 Å². The van der Waals surface area contributed by atoms with Crippen molar-refractivity contribution in [3.63, 3.8) is 0 Å². The molecule has 0 aromatic heterocycles. The number of amidine groups is 1. The van der Waals surface area contributed by atoms with Crippen molar-refractivity contribution in [1.29, 1.82) is 0 Å². The number of thioether (sulfide) groups is 1. The Morgan fingerprint density at radius 2 is 1.86 bits per heavy atom. The molecule has 6 nitrogen and oxygen atoms in total. The standard InChI is InChI=1S/C27H21Cl2FN4O2S/c1-15-6-8-16(9-7-15)22-13-23(18-4-2-3-5-19(18)28)34(33-22)27-32-26(36)24(37-27)14-25(35)31-17-10-11-21(30)20(29)12-17/h2-12,23-24H,13-14H2,1H3,(H,31,35)/t23-,24+/m1/s1. The lowest BCUT2D eigenvalue weighted by Gasteiger charge is -2.23. The SMILES string of the molecule is Cc1ccc(C2=NN(C3=NC(=O)[C@H](CC(=O)Nc4ccc(F)c(Cl)c4)S3)[C@@H](c3ccccc3Cl)C2)cc1. The lowest BCUT2D eigenvalue weighted by Crippen LogP contribution is -2.25. The van der Waals surface area contributed by atoms with Gasteiger partial charge in [0.1, 0.15) is 11.1 Å². The summed E-state index contributed by atoms with van der Waals surface area (Å²) in [6.07, 6.45) is 0.474. The average molecular weight is 555 g/mol. The Labute approximate surface area is 227 Å². The first-order chi connectivity index (χ1) is 17.8. The van der Waals surface area contributed by atoms with Gasteiger partial charge in [-0.25, -0.2) is 9.40 Å². The third kappa shape index (κ3) is 5.56. The number of carbonyl (C=O) groups is 2. The molecule has 0 aliphatic carbocycles. The largest absolute Gasteiger partial charge is 0.326 e. The zero-order chi connectivity index (χ0) is 26.1. The van der Waals surface area contributed by atoms with Gasteiger partial charge in [-0.2, -0.15) is 10.1 Å². The monoisotopic (exact) mass is 554 g/mol. The van der Waals surface area contributed by atoms with Gasteiger partial charge < -0.3 is 5.32 Å². The summed E-state index contributed by atoms with van der Waals surface area (Å²) >= 11 is 13.5. The van der Waals surface area contributed by atoms with Gasteiger partial charge in [-0.3, -0.25) is 9.59 Å². The third-order valence-corrected chi connectivity index (χ3v) is 7.83. The van der Waals surface area contributed by atoms with Crippen LogP contribution in [0.1, 0.15) is 35.6 Å². The predicted octanol–water partition coefficient (Wildman–Crippen LogP) is 6.62. The zero-order valence-electron chi connectivity index (χ0n) is 19.6. The molecule has 2 aliphatic heterocycles. The minimum atomic E-state index is -0.712. The molecule has 0 saturated carbocycles. The van der Waals surface area contributed by atoms with E-state index < -0.39 is 22.9 Å². The molecule has 0 radical (unpaired) electrons. The highest BCUT2D eigenvalue weighted by Gasteiger charge is 2.39. The van der Waals surface area contributed by atoms with Gasteiger partial charge in [-0.05, 0) is 42.3 Å². The van der Waals surface area contributed by atoms with Gasteiger partial charge in [0, 0.05) is 23.6 Å². The summed E-state index contributed by atoms with van der Waals surface area (Å²) in [6.45, 7) is 2.02. The van der Waals surface area contributed by atoms with Gasteiger partial charge in [0.15, 0.2) is 5.17 Å². The summed E-state index contributed by atoms with van der Waals surface area (Å²) < 4.78 is 13.4. The lowest BCUT2D eigenvalue weighted by molar-refractivity contribution is -0.121. The summed E-state index contributed by atoms with van der Waals surface area (Å²) in [6, 6.07) is 19.3. The zero-order valence-corrected chi connectivity index (χ0v) is 21.9. The van der Waals surface area contributed by atoms with Crippen LogP contribution in [-0.2, 0) is 9.59 Å². The number of anilines is 1. The summed E-state index contributed by atoms with van der Waals surface area (Å²) in [4.78, 5) is 29.6. The van der Waals surface area contributed by atoms with E-state index in [1.165, 1.54) is 30.0 Å². The summed E-state index contributed by atoms with van der Waals surface area (Å²) in [5, 5.41) is 9.43. The Morgan fingerprint density at radius 1 is 1.11 bits per heavy atom. The molecule has 3 aromatic rings. The fourth-order valence-corrected chi connectivity index (χ4v) is 5.66. The molecule has 2 amide bonds.